The number of hydrogen-bond acceptors (Lipinski definition) is 2. The zero-order valence-electron chi connectivity index (χ0n) is 21.6. The van der Waals surface area contributed by atoms with E-state index in [-0.39, 0.29) is 0 Å². The Labute approximate surface area is 178 Å². The summed E-state index contributed by atoms with van der Waals surface area (Å²) in [5.74, 6) is 1.44. The first-order chi connectivity index (χ1) is 12.5. The Kier molecular flexibility index (Phi) is 11.3. The Morgan fingerprint density at radius 2 is 0.679 bits per heavy atom. The highest BCUT2D eigenvalue weighted by Gasteiger charge is 2.34. The Hall–Kier alpha value is -0.0800. The minimum Gasteiger partial charge on any atom is -0.237 e. The molecule has 0 amide bonds. The summed E-state index contributed by atoms with van der Waals surface area (Å²) < 4.78 is 0. The van der Waals surface area contributed by atoms with Crippen molar-refractivity contribution in [1.29, 1.82) is 0 Å². The van der Waals surface area contributed by atoms with E-state index in [9.17, 15) is 0 Å². The summed E-state index contributed by atoms with van der Waals surface area (Å²) in [7, 11) is 0. The molecule has 0 rings (SSSR count). The van der Waals surface area contributed by atoms with Crippen molar-refractivity contribution in [3.05, 3.63) is 0 Å². The van der Waals surface area contributed by atoms with Gasteiger partial charge in [0.1, 0.15) is 0 Å². The van der Waals surface area contributed by atoms with Crippen LogP contribution in [0.2, 0.25) is 0 Å². The van der Waals surface area contributed by atoms with Gasteiger partial charge in [0, 0.05) is 0 Å². The predicted octanol–water partition coefficient (Wildman–Crippen LogP) is 8.69. The number of rotatable bonds is 11. The van der Waals surface area contributed by atoms with Crippen molar-refractivity contribution < 1.29 is 9.78 Å². The predicted molar refractivity (Wildman–Crippen MR) is 124 cm³/mol. The van der Waals surface area contributed by atoms with E-state index in [4.69, 9.17) is 9.78 Å². The summed E-state index contributed by atoms with van der Waals surface area (Å²) in [4.78, 5) is 10.9. The van der Waals surface area contributed by atoms with Gasteiger partial charge >= 0.3 is 0 Å². The van der Waals surface area contributed by atoms with Crippen LogP contribution in [0.3, 0.4) is 0 Å². The molecule has 0 saturated heterocycles. The lowest BCUT2D eigenvalue weighted by molar-refractivity contribution is -0.295. The van der Waals surface area contributed by atoms with Crippen LogP contribution in [0.5, 0.6) is 0 Å². The Bertz CT molecular complexity index is 330. The van der Waals surface area contributed by atoms with Crippen LogP contribution in [0, 0.1) is 33.5 Å². The molecule has 2 heteroatoms. The monoisotopic (exact) mass is 398 g/mol. The van der Waals surface area contributed by atoms with Gasteiger partial charge in [-0.2, -0.15) is 0 Å². The summed E-state index contributed by atoms with van der Waals surface area (Å²) >= 11 is 0. The summed E-state index contributed by atoms with van der Waals surface area (Å²) in [6.07, 6.45) is 7.11. The van der Waals surface area contributed by atoms with Crippen molar-refractivity contribution in [2.45, 2.75) is 122 Å². The van der Waals surface area contributed by atoms with Crippen LogP contribution in [0.4, 0.5) is 0 Å². The number of unbranched alkanes of at least 4 members (excludes halogenated alkanes) is 2. The fraction of sp³-hybridized carbons (Fsp3) is 1.00. The highest BCUT2D eigenvalue weighted by molar-refractivity contribution is 4.84. The zero-order chi connectivity index (χ0) is 22.2. The second-order valence-electron chi connectivity index (χ2n) is 13.2. The van der Waals surface area contributed by atoms with Gasteiger partial charge in [-0.1, -0.05) is 95.9 Å². The molecule has 0 radical (unpaired) electrons. The summed E-state index contributed by atoms with van der Waals surface area (Å²) in [5.41, 5.74) is 1.42. The smallest absolute Gasteiger partial charge is 0.0822 e. The van der Waals surface area contributed by atoms with Gasteiger partial charge in [0.15, 0.2) is 0 Å². The molecule has 0 aliphatic heterocycles. The maximum atomic E-state index is 5.43. The second kappa shape index (κ2) is 11.3. The molecular weight excluding hydrogens is 344 g/mol. The molecule has 170 valence electrons. The molecule has 0 spiro atoms. The van der Waals surface area contributed by atoms with Crippen LogP contribution in [0.1, 0.15) is 122 Å². The molecular formula is C26H54O2. The SMILES string of the molecule is CC(C)(C)C(CCCCOOCCCCC(C(C)(C)C)C(C)(C)C)C(C)(C)C. The molecule has 0 saturated carbocycles. The third-order valence-electron chi connectivity index (χ3n) is 6.21. The Morgan fingerprint density at radius 3 is 0.893 bits per heavy atom. The molecule has 0 heterocycles. The minimum atomic E-state index is 0.355. The molecule has 2 nitrogen and oxygen atoms in total. The molecule has 0 bridgehead atoms. The summed E-state index contributed by atoms with van der Waals surface area (Å²) in [6.45, 7) is 29.8. The normalized spacial score (nSPS) is 14.4. The van der Waals surface area contributed by atoms with Crippen LogP contribution in [0.25, 0.3) is 0 Å². The van der Waals surface area contributed by atoms with Gasteiger partial charge in [-0.15, -0.1) is 0 Å². The van der Waals surface area contributed by atoms with Crippen LogP contribution in [-0.2, 0) is 9.78 Å². The molecule has 0 fully saturated rings. The van der Waals surface area contributed by atoms with Crippen molar-refractivity contribution in [1.82, 2.24) is 0 Å². The minimum absolute atomic E-state index is 0.355. The fourth-order valence-corrected chi connectivity index (χ4v) is 5.47. The van der Waals surface area contributed by atoms with Crippen LogP contribution in [0.15, 0.2) is 0 Å². The Morgan fingerprint density at radius 1 is 0.429 bits per heavy atom. The average Bonchev–Trinajstić information content (AvgIpc) is 2.42. The van der Waals surface area contributed by atoms with Gasteiger partial charge in [0.05, 0.1) is 13.2 Å². The first-order valence-electron chi connectivity index (χ1n) is 11.7. The van der Waals surface area contributed by atoms with E-state index in [0.717, 1.165) is 24.7 Å². The molecule has 0 aromatic rings. The van der Waals surface area contributed by atoms with E-state index < -0.39 is 0 Å². The number of hydrogen-bond donors (Lipinski definition) is 0. The first kappa shape index (κ1) is 27.9. The first-order valence-corrected chi connectivity index (χ1v) is 11.7. The van der Waals surface area contributed by atoms with E-state index >= 15 is 0 Å². The largest absolute Gasteiger partial charge is 0.237 e. The third kappa shape index (κ3) is 11.8. The van der Waals surface area contributed by atoms with E-state index in [1.807, 2.05) is 0 Å². The van der Waals surface area contributed by atoms with Crippen LogP contribution in [-0.4, -0.2) is 13.2 Å². The topological polar surface area (TPSA) is 18.5 Å². The molecule has 0 aliphatic rings. The van der Waals surface area contributed by atoms with E-state index in [2.05, 4.69) is 83.1 Å². The van der Waals surface area contributed by atoms with Crippen molar-refractivity contribution in [3.63, 3.8) is 0 Å². The van der Waals surface area contributed by atoms with Gasteiger partial charge in [-0.05, 0) is 59.2 Å². The van der Waals surface area contributed by atoms with E-state index in [1.165, 1.54) is 25.7 Å². The second-order valence-corrected chi connectivity index (χ2v) is 13.2. The zero-order valence-corrected chi connectivity index (χ0v) is 21.6. The van der Waals surface area contributed by atoms with Crippen molar-refractivity contribution in [3.8, 4) is 0 Å². The van der Waals surface area contributed by atoms with Crippen molar-refractivity contribution >= 4 is 0 Å². The van der Waals surface area contributed by atoms with E-state index in [0.29, 0.717) is 34.9 Å². The lowest BCUT2D eigenvalue weighted by atomic mass is 9.65. The van der Waals surface area contributed by atoms with Gasteiger partial charge < -0.3 is 0 Å². The highest BCUT2D eigenvalue weighted by Crippen LogP contribution is 2.43. The Balaban J connectivity index is 3.91. The molecule has 0 atom stereocenters. The van der Waals surface area contributed by atoms with Crippen molar-refractivity contribution in [2.75, 3.05) is 13.2 Å². The molecule has 28 heavy (non-hydrogen) atoms. The van der Waals surface area contributed by atoms with Gasteiger partial charge in [-0.3, -0.25) is 0 Å². The standard InChI is InChI=1S/C26H54O2/c1-23(2,3)21(24(4,5)6)17-13-15-19-27-28-20-16-14-18-22(25(7,8)9)26(10,11)12/h21-22H,13-20H2,1-12H3. The maximum absolute atomic E-state index is 5.43. The fourth-order valence-electron chi connectivity index (χ4n) is 5.47. The van der Waals surface area contributed by atoms with Gasteiger partial charge in [-0.25, -0.2) is 9.78 Å². The lowest BCUT2D eigenvalue weighted by Gasteiger charge is -2.41. The van der Waals surface area contributed by atoms with Gasteiger partial charge in [0.2, 0.25) is 0 Å². The molecule has 0 N–H and O–H groups in total. The summed E-state index contributed by atoms with van der Waals surface area (Å²) in [5, 5.41) is 0. The van der Waals surface area contributed by atoms with Crippen LogP contribution < -0.4 is 0 Å². The van der Waals surface area contributed by atoms with E-state index in [1.54, 1.807) is 0 Å². The van der Waals surface area contributed by atoms with Crippen molar-refractivity contribution in [2.24, 2.45) is 33.5 Å². The molecule has 0 aromatic carbocycles. The molecule has 0 aliphatic carbocycles. The third-order valence-corrected chi connectivity index (χ3v) is 6.21. The van der Waals surface area contributed by atoms with Gasteiger partial charge in [0.25, 0.3) is 0 Å². The van der Waals surface area contributed by atoms with Crippen LogP contribution >= 0.6 is 0 Å². The molecule has 0 aromatic heterocycles. The summed E-state index contributed by atoms with van der Waals surface area (Å²) in [6, 6.07) is 0. The lowest BCUT2D eigenvalue weighted by Crippen LogP contribution is -2.32. The molecule has 0 unspecified atom stereocenters. The quantitative estimate of drug-likeness (QED) is 0.197. The average molecular weight is 399 g/mol. The maximum Gasteiger partial charge on any atom is 0.0822 e. The highest BCUT2D eigenvalue weighted by atomic mass is 17.2.